The van der Waals surface area contributed by atoms with E-state index in [4.69, 9.17) is 8.83 Å². The molecule has 7 heteroatoms. The second-order valence-electron chi connectivity index (χ2n) is 17.0. The molecule has 2 heterocycles. The number of rotatable bonds is 4. The van der Waals surface area contributed by atoms with Crippen LogP contribution in [-0.4, -0.2) is 26.2 Å². The molecular weight excluding hydrogens is 741 g/mol. The summed E-state index contributed by atoms with van der Waals surface area (Å²) in [6.45, 7) is 13.1. The Bertz CT molecular complexity index is 2830. The van der Waals surface area contributed by atoms with Crippen molar-refractivity contribution in [2.24, 2.45) is 0 Å². The lowest BCUT2D eigenvalue weighted by molar-refractivity contribution is 0.104. The average Bonchev–Trinajstić information content (AvgIpc) is 4.01. The highest BCUT2D eigenvalue weighted by Gasteiger charge is 2.27. The van der Waals surface area contributed by atoms with Crippen molar-refractivity contribution in [3.8, 4) is 80.6 Å². The Morgan fingerprint density at radius 2 is 0.650 bits per heavy atom. The first-order valence-corrected chi connectivity index (χ1v) is 19.8. The molecule has 9 rings (SSSR count). The fraction of sp³-hybridized carbons (Fsp3) is 0.151. The zero-order valence-electron chi connectivity index (χ0n) is 34.2. The molecule has 2 aromatic heterocycles. The SMILES string of the molecule is CC(C)(C)c1ccc(-c2nnc(-c3ccc(C#Cc4ccc5c(c4)C(=O)c4cc(C#Cc6ccc(-c7nnc(-c8ccc(C(C)(C)C)cc8)o7)cc6)ccc4-5)cc3)o2)cc1. The minimum Gasteiger partial charge on any atom is -0.416 e. The van der Waals surface area contributed by atoms with Crippen LogP contribution in [0.1, 0.15) is 90.8 Å². The van der Waals surface area contributed by atoms with Gasteiger partial charge in [0, 0.05) is 55.6 Å². The van der Waals surface area contributed by atoms with Gasteiger partial charge < -0.3 is 8.83 Å². The standard InChI is InChI=1S/C53H40N4O3/c1-52(2,3)41-25-21-39(22-26-41)50-56-54-48(59-50)37-17-11-33(12-18-37)7-9-35-15-29-43-44-30-16-36(32-46(44)47(58)45(43)31-35)10-8-34-13-19-38(20-14-34)49-55-57-51(60-49)40-23-27-42(28-24-40)53(4,5)6/h11-32H,1-6H3. The Morgan fingerprint density at radius 1 is 0.367 bits per heavy atom. The van der Waals surface area contributed by atoms with E-state index in [1.165, 1.54) is 11.1 Å². The molecule has 0 radical (unpaired) electrons. The zero-order valence-corrected chi connectivity index (χ0v) is 34.2. The average molecular weight is 781 g/mol. The Balaban J connectivity index is 0.847. The van der Waals surface area contributed by atoms with Crippen molar-refractivity contribution in [1.82, 2.24) is 20.4 Å². The number of ketones is 1. The first-order chi connectivity index (χ1) is 28.9. The molecule has 6 aromatic carbocycles. The van der Waals surface area contributed by atoms with Gasteiger partial charge in [0.1, 0.15) is 0 Å². The number of benzene rings is 6. The predicted octanol–water partition coefficient (Wildman–Crippen LogP) is 11.7. The van der Waals surface area contributed by atoms with E-state index in [2.05, 4.69) is 110 Å². The van der Waals surface area contributed by atoms with Crippen LogP contribution in [0.3, 0.4) is 0 Å². The Kier molecular flexibility index (Phi) is 9.46. The number of carbonyl (C=O) groups is 1. The van der Waals surface area contributed by atoms with E-state index in [1.807, 2.05) is 109 Å². The zero-order chi connectivity index (χ0) is 41.6. The molecule has 0 unspecified atom stereocenters. The second-order valence-corrected chi connectivity index (χ2v) is 17.0. The first-order valence-electron chi connectivity index (χ1n) is 19.8. The molecule has 0 amide bonds. The lowest BCUT2D eigenvalue weighted by atomic mass is 9.87. The highest BCUT2D eigenvalue weighted by Crippen LogP contribution is 2.38. The highest BCUT2D eigenvalue weighted by atomic mass is 16.4. The van der Waals surface area contributed by atoms with Gasteiger partial charge in [-0.3, -0.25) is 4.79 Å². The predicted molar refractivity (Wildman–Crippen MR) is 235 cm³/mol. The molecular formula is C53H40N4O3. The van der Waals surface area contributed by atoms with Crippen LogP contribution in [0, 0.1) is 23.7 Å². The molecule has 0 spiro atoms. The fourth-order valence-corrected chi connectivity index (χ4v) is 7.05. The molecule has 290 valence electrons. The second kappa shape index (κ2) is 15.0. The Labute approximate surface area is 349 Å². The van der Waals surface area contributed by atoms with Gasteiger partial charge >= 0.3 is 0 Å². The third kappa shape index (κ3) is 7.69. The quantitative estimate of drug-likeness (QED) is 0.164. The van der Waals surface area contributed by atoms with Crippen molar-refractivity contribution in [3.05, 3.63) is 178 Å². The maximum absolute atomic E-state index is 13.6. The van der Waals surface area contributed by atoms with Gasteiger partial charge in [-0.05, 0) is 130 Å². The van der Waals surface area contributed by atoms with Crippen LogP contribution >= 0.6 is 0 Å². The number of hydrogen-bond acceptors (Lipinski definition) is 7. The van der Waals surface area contributed by atoms with Gasteiger partial charge in [-0.25, -0.2) is 0 Å². The van der Waals surface area contributed by atoms with Crippen LogP contribution < -0.4 is 0 Å². The minimum atomic E-state index is -0.0332. The summed E-state index contributed by atoms with van der Waals surface area (Å²) in [4.78, 5) is 13.6. The van der Waals surface area contributed by atoms with Gasteiger partial charge in [-0.1, -0.05) is 102 Å². The van der Waals surface area contributed by atoms with Gasteiger partial charge in [-0.2, -0.15) is 0 Å². The van der Waals surface area contributed by atoms with Crippen molar-refractivity contribution in [2.45, 2.75) is 52.4 Å². The molecule has 0 bridgehead atoms. The van der Waals surface area contributed by atoms with Crippen LogP contribution in [0.15, 0.2) is 142 Å². The summed E-state index contributed by atoms with van der Waals surface area (Å²) >= 11 is 0. The van der Waals surface area contributed by atoms with Crippen LogP contribution in [-0.2, 0) is 10.8 Å². The molecule has 60 heavy (non-hydrogen) atoms. The van der Waals surface area contributed by atoms with E-state index >= 15 is 0 Å². The van der Waals surface area contributed by atoms with E-state index < -0.39 is 0 Å². The summed E-state index contributed by atoms with van der Waals surface area (Å²) in [6, 6.07) is 43.4. The summed E-state index contributed by atoms with van der Waals surface area (Å²) in [6.07, 6.45) is 0. The largest absolute Gasteiger partial charge is 0.416 e. The van der Waals surface area contributed by atoms with E-state index in [0.29, 0.717) is 34.7 Å². The minimum absolute atomic E-state index is 0.0332. The third-order valence-electron chi connectivity index (χ3n) is 10.6. The van der Waals surface area contributed by atoms with Gasteiger partial charge in [0.2, 0.25) is 23.6 Å². The molecule has 8 aromatic rings. The van der Waals surface area contributed by atoms with Crippen molar-refractivity contribution < 1.29 is 13.6 Å². The van der Waals surface area contributed by atoms with E-state index in [1.54, 1.807) is 0 Å². The van der Waals surface area contributed by atoms with Gasteiger partial charge in [-0.15, -0.1) is 20.4 Å². The normalized spacial score (nSPS) is 11.9. The van der Waals surface area contributed by atoms with Crippen LogP contribution in [0.2, 0.25) is 0 Å². The molecule has 7 nitrogen and oxygen atoms in total. The first kappa shape index (κ1) is 37.9. The summed E-state index contributed by atoms with van der Waals surface area (Å²) in [5.41, 5.74) is 12.2. The van der Waals surface area contributed by atoms with Crippen LogP contribution in [0.4, 0.5) is 0 Å². The summed E-state index contributed by atoms with van der Waals surface area (Å²) in [5.74, 6) is 14.7. The summed E-state index contributed by atoms with van der Waals surface area (Å²) in [7, 11) is 0. The number of fused-ring (bicyclic) bond motifs is 3. The lowest BCUT2D eigenvalue weighted by Crippen LogP contribution is -2.10. The maximum Gasteiger partial charge on any atom is 0.248 e. The van der Waals surface area contributed by atoms with Crippen molar-refractivity contribution >= 4 is 5.78 Å². The van der Waals surface area contributed by atoms with Crippen molar-refractivity contribution in [1.29, 1.82) is 0 Å². The Hall–Kier alpha value is -7.61. The Morgan fingerprint density at radius 3 is 0.967 bits per heavy atom. The maximum atomic E-state index is 13.6. The smallest absolute Gasteiger partial charge is 0.248 e. The van der Waals surface area contributed by atoms with Crippen molar-refractivity contribution in [3.63, 3.8) is 0 Å². The summed E-state index contributed by atoms with van der Waals surface area (Å²) < 4.78 is 12.0. The molecule has 0 saturated heterocycles. The highest BCUT2D eigenvalue weighted by molar-refractivity contribution is 6.22. The molecule has 0 fully saturated rings. The summed E-state index contributed by atoms with van der Waals surface area (Å²) in [5, 5.41) is 17.1. The van der Waals surface area contributed by atoms with E-state index in [9.17, 15) is 4.79 Å². The number of nitrogens with zero attached hydrogens (tertiary/aromatic N) is 4. The number of carbonyl (C=O) groups excluding carboxylic acids is 1. The fourth-order valence-electron chi connectivity index (χ4n) is 7.05. The van der Waals surface area contributed by atoms with Crippen molar-refractivity contribution in [2.75, 3.05) is 0 Å². The van der Waals surface area contributed by atoms with Gasteiger partial charge in [0.25, 0.3) is 0 Å². The molecule has 1 aliphatic carbocycles. The van der Waals surface area contributed by atoms with E-state index in [0.717, 1.165) is 55.6 Å². The molecule has 0 atom stereocenters. The number of hydrogen-bond donors (Lipinski definition) is 0. The number of aromatic nitrogens is 4. The molecule has 0 saturated carbocycles. The molecule has 0 N–H and O–H groups in total. The molecule has 0 aliphatic heterocycles. The monoisotopic (exact) mass is 780 g/mol. The van der Waals surface area contributed by atoms with Gasteiger partial charge in [0.15, 0.2) is 5.78 Å². The molecule has 1 aliphatic rings. The third-order valence-corrected chi connectivity index (χ3v) is 10.6. The van der Waals surface area contributed by atoms with E-state index in [-0.39, 0.29) is 16.6 Å². The van der Waals surface area contributed by atoms with Gasteiger partial charge in [0.05, 0.1) is 0 Å². The lowest BCUT2D eigenvalue weighted by Gasteiger charge is -2.18. The topological polar surface area (TPSA) is 94.9 Å². The van der Waals surface area contributed by atoms with Crippen LogP contribution in [0.5, 0.6) is 0 Å². The van der Waals surface area contributed by atoms with Crippen LogP contribution in [0.25, 0.3) is 56.9 Å².